The van der Waals surface area contributed by atoms with E-state index < -0.39 is 0 Å². The number of rotatable bonds is 4. The molecule has 4 bridgehead atoms. The number of hydrogen-bond donors (Lipinski definition) is 1. The third-order valence-corrected chi connectivity index (χ3v) is 10.6. The zero-order valence-corrected chi connectivity index (χ0v) is 32.1. The molecule has 1 aromatic rings. The number of unbranched alkanes of at least 4 members (excludes halogenated alkanes) is 1. The minimum atomic E-state index is 0.190. The van der Waals surface area contributed by atoms with E-state index in [2.05, 4.69) is 146 Å². The Balaban J connectivity index is 0.000000889. The molecule has 0 aromatic carbocycles. The van der Waals surface area contributed by atoms with Crippen LogP contribution in [0.4, 0.5) is 17.3 Å². The molecule has 1 N–H and O–H groups in total. The summed E-state index contributed by atoms with van der Waals surface area (Å²) in [7, 11) is 4.47. The highest BCUT2D eigenvalue weighted by atomic mass is 15.4. The molecule has 5 nitrogen and oxygen atoms in total. The van der Waals surface area contributed by atoms with E-state index in [1.807, 2.05) is 13.8 Å². The maximum Gasteiger partial charge on any atom is 0.134 e. The molecule has 49 heavy (non-hydrogen) atoms. The van der Waals surface area contributed by atoms with Crippen molar-refractivity contribution in [2.75, 3.05) is 47.9 Å². The number of nitrogens with zero attached hydrogens (tertiary/aromatic N) is 4. The Kier molecular flexibility index (Phi) is 12.1. The second-order valence-corrected chi connectivity index (χ2v) is 14.2. The first-order valence-electron chi connectivity index (χ1n) is 19.3. The predicted molar refractivity (Wildman–Crippen MR) is 214 cm³/mol. The number of aromatic nitrogens is 1. The van der Waals surface area contributed by atoms with Gasteiger partial charge in [-0.25, -0.2) is 0 Å². The fourth-order valence-electron chi connectivity index (χ4n) is 8.15. The molecule has 0 amide bonds. The highest BCUT2D eigenvalue weighted by molar-refractivity contribution is 5.80. The predicted octanol–water partition coefficient (Wildman–Crippen LogP) is 10.7. The maximum absolute atomic E-state index is 4.01. The standard InChI is InChI=1S/C39H49N5.C3H8.C2H6/c1-6-8-19-43-20-17-29-14-11-12-18-39-26-33(39)31-16-10-9-15-30(31)24-32(39)34(40-27-29)23-28(3)35(13-7-2)44-22-21-41(4)38-36(44)25-37(43)42(38)5;1-3-2;1-2/h7,10-14,16-17,20,23-25,33,40H,6,8-9,15,18-19,21-22,26-27H2,1-5H3;3H2,1-2H3;1-2H3/b12-11-,13-7-,20-17-,29-14-,34-23+,35-28-;;. The fourth-order valence-corrected chi connectivity index (χ4v) is 8.15. The maximum atomic E-state index is 4.01. The summed E-state index contributed by atoms with van der Waals surface area (Å²) in [5.74, 6) is 3.16. The lowest BCUT2D eigenvalue weighted by molar-refractivity contribution is 0.557. The Morgan fingerprint density at radius 1 is 1.04 bits per heavy atom. The first kappa shape index (κ1) is 36.4. The zero-order valence-electron chi connectivity index (χ0n) is 32.1. The average Bonchev–Trinajstić information content (AvgIpc) is 3.76. The third-order valence-electron chi connectivity index (χ3n) is 10.6. The van der Waals surface area contributed by atoms with E-state index in [-0.39, 0.29) is 5.41 Å². The van der Waals surface area contributed by atoms with Crippen LogP contribution in [-0.2, 0) is 7.05 Å². The molecule has 0 saturated heterocycles. The quantitative estimate of drug-likeness (QED) is 0.347. The highest BCUT2D eigenvalue weighted by Crippen LogP contribution is 2.68. The Bertz CT molecular complexity index is 1630. The van der Waals surface area contributed by atoms with Gasteiger partial charge in [-0.1, -0.05) is 90.0 Å². The Labute approximate surface area is 298 Å². The molecular weight excluding hydrogens is 599 g/mol. The summed E-state index contributed by atoms with van der Waals surface area (Å²) in [6, 6.07) is 2.42. The van der Waals surface area contributed by atoms with E-state index in [4.69, 9.17) is 0 Å². The summed E-state index contributed by atoms with van der Waals surface area (Å²) in [5.41, 5.74) is 11.3. The SMILES string of the molecule is CC.CCC.C\C=C/C1=C(C)/C=C2/NCC(=C\C=C/CC34CC3C3=C(C=C24)CCC=C3)/C=C\N(CCCC)c2cc3c(n2C)N(C)CCN13. The first-order chi connectivity index (χ1) is 23.9. The molecule has 5 heteroatoms. The van der Waals surface area contributed by atoms with Crippen molar-refractivity contribution in [2.24, 2.45) is 18.4 Å². The number of likely N-dealkylation sites (N-methyl/N-ethyl adjacent to an activating group) is 1. The second kappa shape index (κ2) is 16.2. The molecule has 3 aliphatic heterocycles. The molecule has 2 atom stereocenters. The van der Waals surface area contributed by atoms with Crippen molar-refractivity contribution >= 4 is 17.3 Å². The lowest BCUT2D eigenvalue weighted by atomic mass is 9.76. The largest absolute Gasteiger partial charge is 0.381 e. The summed E-state index contributed by atoms with van der Waals surface area (Å²) in [5, 5.41) is 4.01. The summed E-state index contributed by atoms with van der Waals surface area (Å²) < 4.78 is 2.40. The van der Waals surface area contributed by atoms with Gasteiger partial charge in [0, 0.05) is 69.3 Å². The van der Waals surface area contributed by atoms with E-state index in [0.717, 1.165) is 51.9 Å². The van der Waals surface area contributed by atoms with E-state index in [1.54, 1.807) is 11.1 Å². The molecule has 2 unspecified atom stereocenters. The average molecular weight is 662 g/mol. The van der Waals surface area contributed by atoms with E-state index >= 15 is 0 Å². The highest BCUT2D eigenvalue weighted by Gasteiger charge is 2.59. The molecular formula is C44H63N5. The van der Waals surface area contributed by atoms with E-state index in [1.165, 1.54) is 64.7 Å². The topological polar surface area (TPSA) is 26.7 Å². The molecule has 7 rings (SSSR count). The van der Waals surface area contributed by atoms with E-state index in [0.29, 0.717) is 5.92 Å². The Hall–Kier alpha value is -3.86. The van der Waals surface area contributed by atoms with Gasteiger partial charge in [-0.2, -0.15) is 0 Å². The number of allylic oxidation sites excluding steroid dienone is 13. The lowest BCUT2D eigenvalue weighted by Gasteiger charge is -2.37. The van der Waals surface area contributed by atoms with Crippen LogP contribution in [0.5, 0.6) is 0 Å². The number of fused-ring (bicyclic) bond motifs is 6. The molecule has 1 aromatic heterocycles. The van der Waals surface area contributed by atoms with Crippen molar-refractivity contribution in [3.8, 4) is 0 Å². The fraction of sp³-hybridized carbons (Fsp3) is 0.500. The summed E-state index contributed by atoms with van der Waals surface area (Å²) in [6.45, 7) is 18.7. The number of nitrogens with one attached hydrogen (secondary N) is 1. The van der Waals surface area contributed by atoms with Crippen LogP contribution in [0.3, 0.4) is 0 Å². The van der Waals surface area contributed by atoms with Crippen molar-refractivity contribution in [3.63, 3.8) is 0 Å². The summed E-state index contributed by atoms with van der Waals surface area (Å²) in [6.07, 6.45) is 34.3. The van der Waals surface area contributed by atoms with Crippen molar-refractivity contribution in [2.45, 2.75) is 93.4 Å². The minimum absolute atomic E-state index is 0.190. The van der Waals surface area contributed by atoms with Crippen LogP contribution in [0.15, 0.2) is 112 Å². The molecule has 1 fully saturated rings. The van der Waals surface area contributed by atoms with Gasteiger partial charge in [-0.05, 0) is 98.0 Å². The van der Waals surface area contributed by atoms with Gasteiger partial charge in [0.05, 0.1) is 5.69 Å². The molecule has 4 heterocycles. The van der Waals surface area contributed by atoms with Gasteiger partial charge in [-0.15, -0.1) is 0 Å². The van der Waals surface area contributed by atoms with Crippen molar-refractivity contribution < 1.29 is 0 Å². The lowest BCUT2D eigenvalue weighted by Crippen LogP contribution is -2.39. The van der Waals surface area contributed by atoms with Crippen LogP contribution in [0.2, 0.25) is 0 Å². The molecule has 0 radical (unpaired) electrons. The molecule has 264 valence electrons. The van der Waals surface area contributed by atoms with Crippen molar-refractivity contribution in [3.05, 3.63) is 112 Å². The minimum Gasteiger partial charge on any atom is -0.381 e. The Morgan fingerprint density at radius 3 is 2.59 bits per heavy atom. The van der Waals surface area contributed by atoms with Crippen LogP contribution in [0.25, 0.3) is 0 Å². The molecule has 6 aliphatic rings. The first-order valence-corrected chi connectivity index (χ1v) is 19.3. The van der Waals surface area contributed by atoms with Gasteiger partial charge >= 0.3 is 0 Å². The molecule has 1 saturated carbocycles. The monoisotopic (exact) mass is 662 g/mol. The normalized spacial score (nSPS) is 28.9. The number of hydrogen-bond acceptors (Lipinski definition) is 4. The van der Waals surface area contributed by atoms with Gasteiger partial charge in [-0.3, -0.25) is 0 Å². The molecule has 1 spiro atoms. The van der Waals surface area contributed by atoms with Crippen molar-refractivity contribution in [1.82, 2.24) is 9.88 Å². The van der Waals surface area contributed by atoms with Gasteiger partial charge < -0.3 is 24.6 Å². The second-order valence-electron chi connectivity index (χ2n) is 14.2. The van der Waals surface area contributed by atoms with Gasteiger partial charge in [0.15, 0.2) is 0 Å². The van der Waals surface area contributed by atoms with Crippen LogP contribution in [0.1, 0.15) is 93.4 Å². The summed E-state index contributed by atoms with van der Waals surface area (Å²) in [4.78, 5) is 7.45. The third kappa shape index (κ3) is 7.23. The van der Waals surface area contributed by atoms with E-state index in [9.17, 15) is 0 Å². The van der Waals surface area contributed by atoms with Crippen molar-refractivity contribution in [1.29, 1.82) is 0 Å². The van der Waals surface area contributed by atoms with Gasteiger partial charge in [0.1, 0.15) is 11.6 Å². The summed E-state index contributed by atoms with van der Waals surface area (Å²) >= 11 is 0. The zero-order chi connectivity index (χ0) is 35.1. The molecule has 3 aliphatic carbocycles. The van der Waals surface area contributed by atoms with Crippen LogP contribution in [-0.4, -0.2) is 37.8 Å². The number of anilines is 3. The van der Waals surface area contributed by atoms with Crippen LogP contribution >= 0.6 is 0 Å². The smallest absolute Gasteiger partial charge is 0.134 e. The Morgan fingerprint density at radius 2 is 1.84 bits per heavy atom. The van der Waals surface area contributed by atoms with Gasteiger partial charge in [0.25, 0.3) is 0 Å². The van der Waals surface area contributed by atoms with Crippen LogP contribution < -0.4 is 20.0 Å². The van der Waals surface area contributed by atoms with Crippen LogP contribution in [0, 0.1) is 11.3 Å². The van der Waals surface area contributed by atoms with Gasteiger partial charge in [0.2, 0.25) is 0 Å².